The van der Waals surface area contributed by atoms with Crippen LogP contribution in [0.15, 0.2) is 47.6 Å². The van der Waals surface area contributed by atoms with Crippen LogP contribution in [0.25, 0.3) is 0 Å². The van der Waals surface area contributed by atoms with Gasteiger partial charge in [-0.1, -0.05) is 11.6 Å². The number of hydrogen-bond donors (Lipinski definition) is 2. The third kappa shape index (κ3) is 3.27. The lowest BCUT2D eigenvalue weighted by Crippen LogP contribution is -2.27. The molecule has 0 aliphatic heterocycles. The number of anilines is 1. The van der Waals surface area contributed by atoms with Crippen molar-refractivity contribution in [1.29, 1.82) is 0 Å². The summed E-state index contributed by atoms with van der Waals surface area (Å²) in [6.45, 7) is 1.75. The minimum absolute atomic E-state index is 0.00859. The maximum absolute atomic E-state index is 12.3. The standard InChI is InChI=1S/C13H14ClN3O2S/c1-9(10-4-6-16-7-5-10)17-20(18,19)13-3-2-11(15)8-12(13)14/h2-9,17H,15H2,1H3. The summed E-state index contributed by atoms with van der Waals surface area (Å²) >= 11 is 5.93. The van der Waals surface area contributed by atoms with Crippen molar-refractivity contribution < 1.29 is 8.42 Å². The first-order valence-corrected chi connectivity index (χ1v) is 7.73. The zero-order valence-electron chi connectivity index (χ0n) is 10.7. The zero-order chi connectivity index (χ0) is 14.8. The van der Waals surface area contributed by atoms with Gasteiger partial charge in [0, 0.05) is 24.1 Å². The second kappa shape index (κ2) is 5.78. The number of halogens is 1. The van der Waals surface area contributed by atoms with E-state index in [2.05, 4.69) is 9.71 Å². The second-order valence-corrected chi connectivity index (χ2v) is 6.40. The first kappa shape index (κ1) is 14.8. The van der Waals surface area contributed by atoms with Gasteiger partial charge in [0.25, 0.3) is 0 Å². The van der Waals surface area contributed by atoms with E-state index >= 15 is 0 Å². The Morgan fingerprint density at radius 1 is 1.25 bits per heavy atom. The highest BCUT2D eigenvalue weighted by Crippen LogP contribution is 2.25. The van der Waals surface area contributed by atoms with Crippen LogP contribution in [-0.2, 0) is 10.0 Å². The van der Waals surface area contributed by atoms with Crippen molar-refractivity contribution in [3.63, 3.8) is 0 Å². The summed E-state index contributed by atoms with van der Waals surface area (Å²) in [4.78, 5) is 3.90. The molecule has 1 atom stereocenters. The average molecular weight is 312 g/mol. The third-order valence-electron chi connectivity index (χ3n) is 2.78. The van der Waals surface area contributed by atoms with Crippen LogP contribution in [-0.4, -0.2) is 13.4 Å². The number of pyridine rings is 1. The molecule has 0 radical (unpaired) electrons. The minimum Gasteiger partial charge on any atom is -0.399 e. The number of benzene rings is 1. The molecule has 0 saturated heterocycles. The Morgan fingerprint density at radius 3 is 2.50 bits per heavy atom. The van der Waals surface area contributed by atoms with E-state index in [4.69, 9.17) is 17.3 Å². The van der Waals surface area contributed by atoms with E-state index < -0.39 is 16.1 Å². The SMILES string of the molecule is CC(NS(=O)(=O)c1ccc(N)cc1Cl)c1ccncc1. The molecular formula is C13H14ClN3O2S. The lowest BCUT2D eigenvalue weighted by molar-refractivity contribution is 0.567. The molecule has 106 valence electrons. The molecule has 1 aromatic carbocycles. The van der Waals surface area contributed by atoms with E-state index in [-0.39, 0.29) is 9.92 Å². The molecule has 0 aliphatic rings. The van der Waals surface area contributed by atoms with Crippen molar-refractivity contribution in [2.75, 3.05) is 5.73 Å². The molecule has 0 aliphatic carbocycles. The fourth-order valence-corrected chi connectivity index (χ4v) is 3.54. The number of aromatic nitrogens is 1. The van der Waals surface area contributed by atoms with E-state index in [1.54, 1.807) is 31.5 Å². The molecule has 0 bridgehead atoms. The summed E-state index contributed by atoms with van der Waals surface area (Å²) < 4.78 is 27.2. The van der Waals surface area contributed by atoms with Gasteiger partial charge in [0.1, 0.15) is 4.90 Å². The van der Waals surface area contributed by atoms with Gasteiger partial charge in [0.15, 0.2) is 0 Å². The van der Waals surface area contributed by atoms with Gasteiger partial charge in [-0.3, -0.25) is 4.98 Å². The van der Waals surface area contributed by atoms with Crippen LogP contribution in [0, 0.1) is 0 Å². The monoisotopic (exact) mass is 311 g/mol. The van der Waals surface area contributed by atoms with Crippen LogP contribution in [0.1, 0.15) is 18.5 Å². The molecule has 5 nitrogen and oxygen atoms in total. The molecule has 7 heteroatoms. The minimum atomic E-state index is -3.71. The molecule has 1 heterocycles. The largest absolute Gasteiger partial charge is 0.399 e. The van der Waals surface area contributed by atoms with Gasteiger partial charge in [-0.25, -0.2) is 13.1 Å². The van der Waals surface area contributed by atoms with Crippen LogP contribution in [0.3, 0.4) is 0 Å². The lowest BCUT2D eigenvalue weighted by atomic mass is 10.1. The molecule has 0 saturated carbocycles. The zero-order valence-corrected chi connectivity index (χ0v) is 12.3. The van der Waals surface area contributed by atoms with Crippen molar-refractivity contribution >= 4 is 27.3 Å². The summed E-state index contributed by atoms with van der Waals surface area (Å²) in [5.41, 5.74) is 6.78. The predicted octanol–water partition coefficient (Wildman–Crippen LogP) is 2.36. The van der Waals surface area contributed by atoms with E-state index in [0.29, 0.717) is 5.69 Å². The van der Waals surface area contributed by atoms with E-state index in [1.165, 1.54) is 18.2 Å². The first-order valence-electron chi connectivity index (χ1n) is 5.87. The van der Waals surface area contributed by atoms with Gasteiger partial charge in [0.05, 0.1) is 5.02 Å². The smallest absolute Gasteiger partial charge is 0.242 e. The van der Waals surface area contributed by atoms with Gasteiger partial charge in [-0.2, -0.15) is 0 Å². The van der Waals surface area contributed by atoms with Crippen molar-refractivity contribution in [2.24, 2.45) is 0 Å². The highest BCUT2D eigenvalue weighted by atomic mass is 35.5. The van der Waals surface area contributed by atoms with E-state index in [0.717, 1.165) is 5.56 Å². The van der Waals surface area contributed by atoms with Gasteiger partial charge < -0.3 is 5.73 Å². The van der Waals surface area contributed by atoms with Gasteiger partial charge >= 0.3 is 0 Å². The first-order chi connectivity index (χ1) is 9.40. The van der Waals surface area contributed by atoms with Crippen molar-refractivity contribution in [3.05, 3.63) is 53.3 Å². The van der Waals surface area contributed by atoms with Crippen LogP contribution in [0.5, 0.6) is 0 Å². The van der Waals surface area contributed by atoms with Crippen LogP contribution in [0.2, 0.25) is 5.02 Å². The molecule has 2 aromatic rings. The Balaban J connectivity index is 2.28. The number of rotatable bonds is 4. The van der Waals surface area contributed by atoms with Crippen LogP contribution < -0.4 is 10.5 Å². The summed E-state index contributed by atoms with van der Waals surface area (Å²) in [5, 5.41) is 0.0967. The van der Waals surface area contributed by atoms with Gasteiger partial charge in [-0.15, -0.1) is 0 Å². The quantitative estimate of drug-likeness (QED) is 0.849. The van der Waals surface area contributed by atoms with Crippen molar-refractivity contribution in [3.8, 4) is 0 Å². The van der Waals surface area contributed by atoms with E-state index in [1.807, 2.05) is 0 Å². The molecule has 2 rings (SSSR count). The number of nitrogens with one attached hydrogen (secondary N) is 1. The van der Waals surface area contributed by atoms with Crippen LogP contribution >= 0.6 is 11.6 Å². The summed E-state index contributed by atoms with van der Waals surface area (Å²) in [6, 6.07) is 7.40. The van der Waals surface area contributed by atoms with E-state index in [9.17, 15) is 8.42 Å². The molecule has 20 heavy (non-hydrogen) atoms. The molecule has 0 spiro atoms. The fourth-order valence-electron chi connectivity index (χ4n) is 1.75. The number of hydrogen-bond acceptors (Lipinski definition) is 4. The molecule has 1 aromatic heterocycles. The summed E-state index contributed by atoms with van der Waals surface area (Å²) in [7, 11) is -3.71. The Morgan fingerprint density at radius 2 is 1.90 bits per heavy atom. The Hall–Kier alpha value is -1.63. The summed E-state index contributed by atoms with van der Waals surface area (Å²) in [5.74, 6) is 0. The maximum Gasteiger partial charge on any atom is 0.242 e. The van der Waals surface area contributed by atoms with Gasteiger partial charge in [0.2, 0.25) is 10.0 Å². The second-order valence-electron chi connectivity index (χ2n) is 4.31. The fraction of sp³-hybridized carbons (Fsp3) is 0.154. The highest BCUT2D eigenvalue weighted by Gasteiger charge is 2.21. The Kier molecular flexibility index (Phi) is 4.27. The number of nitrogens with two attached hydrogens (primary N) is 1. The molecule has 0 fully saturated rings. The number of nitrogen functional groups attached to an aromatic ring is 1. The highest BCUT2D eigenvalue weighted by molar-refractivity contribution is 7.89. The van der Waals surface area contributed by atoms with Gasteiger partial charge in [-0.05, 0) is 42.8 Å². The molecule has 1 unspecified atom stereocenters. The summed E-state index contributed by atoms with van der Waals surface area (Å²) in [6.07, 6.45) is 3.21. The maximum atomic E-state index is 12.3. The normalized spacial score (nSPS) is 13.1. The molecular weight excluding hydrogens is 298 g/mol. The molecule has 0 amide bonds. The third-order valence-corrected chi connectivity index (χ3v) is 4.81. The van der Waals surface area contributed by atoms with Crippen LogP contribution in [0.4, 0.5) is 5.69 Å². The topological polar surface area (TPSA) is 85.1 Å². The van der Waals surface area contributed by atoms with Crippen molar-refractivity contribution in [1.82, 2.24) is 9.71 Å². The number of nitrogens with zero attached hydrogens (tertiary/aromatic N) is 1. The predicted molar refractivity (Wildman–Crippen MR) is 78.8 cm³/mol. The Bertz CT molecular complexity index is 705. The number of sulfonamides is 1. The van der Waals surface area contributed by atoms with Crippen molar-refractivity contribution in [2.45, 2.75) is 17.9 Å². The Labute approximate surface area is 122 Å². The lowest BCUT2D eigenvalue weighted by Gasteiger charge is -2.15. The average Bonchev–Trinajstić information content (AvgIpc) is 2.38. The molecule has 3 N–H and O–H groups in total.